The lowest BCUT2D eigenvalue weighted by molar-refractivity contribution is -0.887. The summed E-state index contributed by atoms with van der Waals surface area (Å²) in [6, 6.07) is -0.627. The van der Waals surface area contributed by atoms with E-state index in [2.05, 4.69) is 38.2 Å². The van der Waals surface area contributed by atoms with Crippen molar-refractivity contribution in [3.63, 3.8) is 0 Å². The van der Waals surface area contributed by atoms with Crippen molar-refractivity contribution >= 4 is 17.9 Å². The van der Waals surface area contributed by atoms with E-state index in [4.69, 9.17) is 14.2 Å². The van der Waals surface area contributed by atoms with Crippen LogP contribution in [0.5, 0.6) is 0 Å². The summed E-state index contributed by atoms with van der Waals surface area (Å²) in [4.78, 5) is 36.8. The molecule has 2 atom stereocenters. The van der Waals surface area contributed by atoms with Gasteiger partial charge in [-0.05, 0) is 57.8 Å². The van der Waals surface area contributed by atoms with E-state index in [1.165, 1.54) is 38.5 Å². The fourth-order valence-corrected chi connectivity index (χ4v) is 5.34. The first-order valence-electron chi connectivity index (χ1n) is 20.0. The average molecular weight is 729 g/mol. The number of hydrogen-bond donors (Lipinski definition) is 1. The van der Waals surface area contributed by atoms with Gasteiger partial charge in [-0.25, -0.2) is 4.79 Å². The van der Waals surface area contributed by atoms with Crippen molar-refractivity contribution in [3.8, 4) is 0 Å². The van der Waals surface area contributed by atoms with Crippen molar-refractivity contribution in [2.75, 3.05) is 41.0 Å². The van der Waals surface area contributed by atoms with Crippen LogP contribution in [0, 0.1) is 0 Å². The van der Waals surface area contributed by atoms with Crippen molar-refractivity contribution in [1.29, 1.82) is 0 Å². The Morgan fingerprint density at radius 3 is 1.65 bits per heavy atom. The quantitative estimate of drug-likeness (QED) is 0.0231. The van der Waals surface area contributed by atoms with Crippen LogP contribution in [0.2, 0.25) is 0 Å². The number of carboxylic acid groups (broad SMARTS) is 1. The highest BCUT2D eigenvalue weighted by molar-refractivity contribution is 5.72. The summed E-state index contributed by atoms with van der Waals surface area (Å²) in [5.41, 5.74) is 0. The number of carboxylic acids is 1. The Bertz CT molecular complexity index is 1080. The predicted molar refractivity (Wildman–Crippen MR) is 215 cm³/mol. The van der Waals surface area contributed by atoms with E-state index in [0.717, 1.165) is 57.8 Å². The lowest BCUT2D eigenvalue weighted by atomic mass is 10.1. The number of nitrogens with zero attached hydrogens (tertiary/aromatic N) is 1. The minimum Gasteiger partial charge on any atom is -0.477 e. The maximum Gasteiger partial charge on any atom is 0.362 e. The Kier molecular flexibility index (Phi) is 32.7. The molecule has 8 heteroatoms. The predicted octanol–water partition coefficient (Wildman–Crippen LogP) is 10.4. The molecule has 0 heterocycles. The van der Waals surface area contributed by atoms with Crippen LogP contribution in [0.15, 0.2) is 72.9 Å². The van der Waals surface area contributed by atoms with Crippen molar-refractivity contribution in [1.82, 2.24) is 0 Å². The van der Waals surface area contributed by atoms with Crippen LogP contribution in [0.3, 0.4) is 0 Å². The van der Waals surface area contributed by atoms with E-state index in [-0.39, 0.29) is 42.7 Å². The normalized spacial score (nSPS) is 13.8. The molecule has 0 rings (SSSR count). The van der Waals surface area contributed by atoms with Crippen LogP contribution in [0.4, 0.5) is 0 Å². The lowest BCUT2D eigenvalue weighted by Crippen LogP contribution is -2.50. The molecule has 8 nitrogen and oxygen atoms in total. The number of hydrogen-bond acceptors (Lipinski definition) is 6. The largest absolute Gasteiger partial charge is 0.477 e. The molecule has 52 heavy (non-hydrogen) atoms. The van der Waals surface area contributed by atoms with Crippen molar-refractivity contribution in [2.45, 2.75) is 148 Å². The zero-order valence-corrected chi connectivity index (χ0v) is 33.5. The first-order valence-corrected chi connectivity index (χ1v) is 20.0. The van der Waals surface area contributed by atoms with E-state index < -0.39 is 18.1 Å². The van der Waals surface area contributed by atoms with Gasteiger partial charge in [0.05, 0.1) is 34.4 Å². The number of aliphatic carboxylic acids is 1. The van der Waals surface area contributed by atoms with Gasteiger partial charge in [0.25, 0.3) is 0 Å². The van der Waals surface area contributed by atoms with Gasteiger partial charge in [-0.2, -0.15) is 0 Å². The van der Waals surface area contributed by atoms with E-state index in [9.17, 15) is 19.5 Å². The first-order chi connectivity index (χ1) is 25.1. The molecule has 0 aromatic carbocycles. The number of ether oxygens (including phenoxy) is 3. The van der Waals surface area contributed by atoms with Gasteiger partial charge < -0.3 is 23.8 Å². The van der Waals surface area contributed by atoms with E-state index in [1.54, 1.807) is 0 Å². The molecule has 1 N–H and O–H groups in total. The lowest BCUT2D eigenvalue weighted by Gasteiger charge is -2.31. The minimum atomic E-state index is -0.888. The van der Waals surface area contributed by atoms with E-state index >= 15 is 0 Å². The highest BCUT2D eigenvalue weighted by Crippen LogP contribution is 2.12. The van der Waals surface area contributed by atoms with E-state index in [0.29, 0.717) is 19.3 Å². The summed E-state index contributed by atoms with van der Waals surface area (Å²) in [6.07, 6.45) is 42.3. The van der Waals surface area contributed by atoms with Gasteiger partial charge in [0.15, 0.2) is 12.1 Å². The zero-order valence-electron chi connectivity index (χ0n) is 33.5. The van der Waals surface area contributed by atoms with Gasteiger partial charge >= 0.3 is 17.9 Å². The van der Waals surface area contributed by atoms with Crippen molar-refractivity contribution in [2.24, 2.45) is 0 Å². The molecule has 0 amide bonds. The molecule has 296 valence electrons. The summed E-state index contributed by atoms with van der Waals surface area (Å²) in [5.74, 6) is -1.56. The molecule has 0 spiro atoms. The maximum atomic E-state index is 12.7. The van der Waals surface area contributed by atoms with Crippen LogP contribution < -0.4 is 0 Å². The molecular weight excluding hydrogens is 654 g/mol. The van der Waals surface area contributed by atoms with Gasteiger partial charge in [-0.15, -0.1) is 0 Å². The second-order valence-corrected chi connectivity index (χ2v) is 14.3. The minimum absolute atomic E-state index is 0.0350. The Labute approximate surface area is 317 Å². The fraction of sp³-hybridized carbons (Fsp3) is 0.659. The van der Waals surface area contributed by atoms with Gasteiger partial charge in [-0.3, -0.25) is 9.59 Å². The maximum absolute atomic E-state index is 12.7. The molecule has 0 fully saturated rings. The number of carbonyl (C=O) groups is 3. The fourth-order valence-electron chi connectivity index (χ4n) is 5.34. The van der Waals surface area contributed by atoms with Crippen molar-refractivity contribution in [3.05, 3.63) is 72.9 Å². The molecule has 0 aliphatic carbocycles. The summed E-state index contributed by atoms with van der Waals surface area (Å²) < 4.78 is 17.2. The van der Waals surface area contributed by atoms with Gasteiger partial charge in [0.2, 0.25) is 0 Å². The number of unbranched alkanes of at least 4 members (excludes halogenated alkanes) is 12. The van der Waals surface area contributed by atoms with Crippen molar-refractivity contribution < 1.29 is 38.2 Å². The number of carbonyl (C=O) groups excluding carboxylic acids is 2. The van der Waals surface area contributed by atoms with Gasteiger partial charge in [-0.1, -0.05) is 132 Å². The van der Waals surface area contributed by atoms with Crippen LogP contribution in [-0.2, 0) is 28.6 Å². The Morgan fingerprint density at radius 2 is 1.10 bits per heavy atom. The van der Waals surface area contributed by atoms with Crippen LogP contribution in [-0.4, -0.2) is 80.6 Å². The van der Waals surface area contributed by atoms with Crippen LogP contribution in [0.25, 0.3) is 0 Å². The zero-order chi connectivity index (χ0) is 38.5. The summed E-state index contributed by atoms with van der Waals surface area (Å²) in [5, 5.41) is 9.59. The highest BCUT2D eigenvalue weighted by Gasteiger charge is 2.31. The third kappa shape index (κ3) is 32.7. The number of esters is 2. The molecule has 2 unspecified atom stereocenters. The standard InChI is InChI=1S/C44H73NO7/c1-6-8-10-12-14-16-18-20-21-23-25-27-29-31-33-35-43(47)52-40(38-50-37-36-41(44(48)49)45(3,4)5)39-51-42(46)34-32-30-28-26-24-22-19-17-15-13-11-9-7-2/h8,10,12,14,16,18,20-25,40-41H,6-7,9,11,13,15,17,19,26-39H2,1-5H3/p+1/b10-8+,14-12+,18-16+,21-20+,24-22+,25-23+. The van der Waals surface area contributed by atoms with Crippen LogP contribution in [0.1, 0.15) is 136 Å². The summed E-state index contributed by atoms with van der Waals surface area (Å²) in [6.45, 7) is 4.49. The Hall–Kier alpha value is -3.23. The molecule has 0 aromatic heterocycles. The third-order valence-corrected chi connectivity index (χ3v) is 8.47. The third-order valence-electron chi connectivity index (χ3n) is 8.47. The highest BCUT2D eigenvalue weighted by atomic mass is 16.6. The average Bonchev–Trinajstić information content (AvgIpc) is 3.09. The second-order valence-electron chi connectivity index (χ2n) is 14.3. The number of quaternary nitrogens is 1. The second kappa shape index (κ2) is 34.8. The molecule has 0 aliphatic rings. The van der Waals surface area contributed by atoms with E-state index in [1.807, 2.05) is 69.8 Å². The van der Waals surface area contributed by atoms with Crippen LogP contribution >= 0.6 is 0 Å². The van der Waals surface area contributed by atoms with Gasteiger partial charge in [0, 0.05) is 19.3 Å². The number of likely N-dealkylation sites (N-methyl/N-ethyl adjacent to an activating group) is 1. The molecule has 0 aromatic rings. The summed E-state index contributed by atoms with van der Waals surface area (Å²) >= 11 is 0. The number of allylic oxidation sites excluding steroid dienone is 12. The smallest absolute Gasteiger partial charge is 0.362 e. The molecule has 0 radical (unpaired) electrons. The first kappa shape index (κ1) is 48.8. The number of rotatable bonds is 34. The Balaban J connectivity index is 4.54. The Morgan fingerprint density at radius 1 is 0.596 bits per heavy atom. The SMILES string of the molecule is CC/C=C/C=C/C=C/C=C/C=C/CCCCCC(=O)OC(COCCC(C(=O)O)[N+](C)(C)C)COC(=O)CCCCC/C=C/CCCCCCCC. The monoisotopic (exact) mass is 729 g/mol. The molecular formula is C44H74NO7+. The molecule has 0 bridgehead atoms. The summed E-state index contributed by atoms with van der Waals surface area (Å²) in [7, 11) is 5.49. The molecule has 0 saturated heterocycles. The van der Waals surface area contributed by atoms with Gasteiger partial charge in [0.1, 0.15) is 6.61 Å². The molecule has 0 aliphatic heterocycles. The molecule has 0 saturated carbocycles. The topological polar surface area (TPSA) is 99.1 Å².